The first kappa shape index (κ1) is 17.0. The van der Waals surface area contributed by atoms with Crippen LogP contribution in [0.25, 0.3) is 0 Å². The highest BCUT2D eigenvalue weighted by molar-refractivity contribution is 5.93. The number of amides is 1. The van der Waals surface area contributed by atoms with E-state index in [0.29, 0.717) is 13.2 Å². The number of carboxylic acid groups (broad SMARTS) is 1. The summed E-state index contributed by atoms with van der Waals surface area (Å²) in [7, 11) is 0. The Hall–Kier alpha value is -2.80. The van der Waals surface area contributed by atoms with Crippen molar-refractivity contribution in [3.63, 3.8) is 0 Å². The Bertz CT molecular complexity index is 775. The van der Waals surface area contributed by atoms with Crippen molar-refractivity contribution in [2.75, 3.05) is 13.2 Å². The predicted molar refractivity (Wildman–Crippen MR) is 89.2 cm³/mol. The molecule has 7 heteroatoms. The number of rotatable bonds is 3. The van der Waals surface area contributed by atoms with Crippen LogP contribution in [0.4, 0.5) is 0 Å². The van der Waals surface area contributed by atoms with E-state index in [2.05, 4.69) is 9.97 Å². The maximum Gasteiger partial charge on any atom is 0.356 e. The summed E-state index contributed by atoms with van der Waals surface area (Å²) in [5.41, 5.74) is 0.421. The number of hydrogen-bond donors (Lipinski definition) is 1. The van der Waals surface area contributed by atoms with Crippen LogP contribution in [0.1, 0.15) is 46.5 Å². The van der Waals surface area contributed by atoms with Crippen molar-refractivity contribution in [1.82, 2.24) is 14.9 Å². The summed E-state index contributed by atoms with van der Waals surface area (Å²) in [5.74, 6) is -1.47. The quantitative estimate of drug-likeness (QED) is 0.920. The third kappa shape index (κ3) is 3.51. The van der Waals surface area contributed by atoms with Gasteiger partial charge in [-0.05, 0) is 19.4 Å². The molecule has 130 valence electrons. The van der Waals surface area contributed by atoms with Gasteiger partial charge in [0, 0.05) is 0 Å². The second-order valence-electron chi connectivity index (χ2n) is 6.53. The summed E-state index contributed by atoms with van der Waals surface area (Å²) in [5, 5.41) is 8.89. The van der Waals surface area contributed by atoms with Crippen LogP contribution in [0.5, 0.6) is 0 Å². The molecule has 0 aliphatic carbocycles. The number of nitrogens with zero attached hydrogens (tertiary/aromatic N) is 3. The molecule has 25 heavy (non-hydrogen) atoms. The SMILES string of the molecule is CC1(C)COC(c2ccccc2)CN1C(=O)c1cnc(C(=O)O)cn1. The van der Waals surface area contributed by atoms with E-state index in [4.69, 9.17) is 9.84 Å². The zero-order valence-electron chi connectivity index (χ0n) is 14.0. The first-order valence-electron chi connectivity index (χ1n) is 7.92. The van der Waals surface area contributed by atoms with Gasteiger partial charge in [0.1, 0.15) is 11.8 Å². The van der Waals surface area contributed by atoms with Gasteiger partial charge in [-0.2, -0.15) is 0 Å². The zero-order valence-corrected chi connectivity index (χ0v) is 14.0. The summed E-state index contributed by atoms with van der Waals surface area (Å²) in [4.78, 5) is 33.2. The molecule has 2 heterocycles. The number of carbonyl (C=O) groups is 2. The van der Waals surface area contributed by atoms with Crippen LogP contribution in [0.3, 0.4) is 0 Å². The molecule has 0 radical (unpaired) electrons. The van der Waals surface area contributed by atoms with E-state index in [1.54, 1.807) is 4.90 Å². The topological polar surface area (TPSA) is 92.6 Å². The van der Waals surface area contributed by atoms with E-state index in [-0.39, 0.29) is 23.4 Å². The molecular weight excluding hydrogens is 322 g/mol. The van der Waals surface area contributed by atoms with Crippen molar-refractivity contribution < 1.29 is 19.4 Å². The maximum atomic E-state index is 12.9. The first-order valence-corrected chi connectivity index (χ1v) is 7.92. The molecule has 1 aromatic heterocycles. The van der Waals surface area contributed by atoms with Crippen molar-refractivity contribution >= 4 is 11.9 Å². The number of ether oxygens (including phenoxy) is 1. The lowest BCUT2D eigenvalue weighted by Crippen LogP contribution is -2.56. The lowest BCUT2D eigenvalue weighted by molar-refractivity contribution is -0.0848. The normalized spacial score (nSPS) is 19.4. The number of carboxylic acids is 1. The van der Waals surface area contributed by atoms with Crippen molar-refractivity contribution in [2.24, 2.45) is 0 Å². The Kier molecular flexibility index (Phi) is 4.50. The Balaban J connectivity index is 1.84. The lowest BCUT2D eigenvalue weighted by Gasteiger charge is -2.45. The Morgan fingerprint density at radius 1 is 1.16 bits per heavy atom. The van der Waals surface area contributed by atoms with Crippen LogP contribution in [0, 0.1) is 0 Å². The molecule has 1 aromatic carbocycles. The van der Waals surface area contributed by atoms with Crippen LogP contribution in [-0.4, -0.2) is 50.5 Å². The van der Waals surface area contributed by atoms with E-state index >= 15 is 0 Å². The number of benzene rings is 1. The van der Waals surface area contributed by atoms with E-state index in [1.165, 1.54) is 6.20 Å². The van der Waals surface area contributed by atoms with Crippen LogP contribution < -0.4 is 0 Å². The molecule has 1 aliphatic rings. The summed E-state index contributed by atoms with van der Waals surface area (Å²) >= 11 is 0. The fraction of sp³-hybridized carbons (Fsp3) is 0.333. The van der Waals surface area contributed by atoms with E-state index < -0.39 is 11.5 Å². The van der Waals surface area contributed by atoms with Gasteiger partial charge in [0.2, 0.25) is 0 Å². The van der Waals surface area contributed by atoms with Crippen LogP contribution >= 0.6 is 0 Å². The maximum absolute atomic E-state index is 12.9. The zero-order chi connectivity index (χ0) is 18.0. The van der Waals surface area contributed by atoms with Gasteiger partial charge < -0.3 is 14.7 Å². The summed E-state index contributed by atoms with van der Waals surface area (Å²) < 4.78 is 5.94. The van der Waals surface area contributed by atoms with E-state index in [9.17, 15) is 9.59 Å². The third-order valence-electron chi connectivity index (χ3n) is 4.22. The molecule has 0 saturated carbocycles. The Morgan fingerprint density at radius 2 is 1.80 bits per heavy atom. The standard InChI is InChI=1S/C18H19N3O4/c1-18(2)11-25-15(12-6-4-3-5-7-12)10-21(18)16(22)13-8-20-14(9-19-13)17(23)24/h3-9,15H,10-11H2,1-2H3,(H,23,24). The first-order chi connectivity index (χ1) is 11.9. The second kappa shape index (κ2) is 6.60. The highest BCUT2D eigenvalue weighted by atomic mass is 16.5. The lowest BCUT2D eigenvalue weighted by atomic mass is 9.97. The average Bonchev–Trinajstić information content (AvgIpc) is 2.62. The molecule has 3 rings (SSSR count). The van der Waals surface area contributed by atoms with Crippen molar-refractivity contribution in [1.29, 1.82) is 0 Å². The van der Waals surface area contributed by atoms with Gasteiger partial charge in [-0.3, -0.25) is 4.79 Å². The summed E-state index contributed by atoms with van der Waals surface area (Å²) in [6.07, 6.45) is 2.08. The Labute approximate surface area is 145 Å². The predicted octanol–water partition coefficient (Wildman–Crippen LogP) is 2.17. The van der Waals surface area contributed by atoms with Gasteiger partial charge in [-0.1, -0.05) is 30.3 Å². The minimum Gasteiger partial charge on any atom is -0.476 e. The van der Waals surface area contributed by atoms with Gasteiger partial charge in [-0.15, -0.1) is 0 Å². The summed E-state index contributed by atoms with van der Waals surface area (Å²) in [6, 6.07) is 9.72. The molecule has 1 unspecified atom stereocenters. The largest absolute Gasteiger partial charge is 0.476 e. The number of aromatic carboxylic acids is 1. The van der Waals surface area contributed by atoms with E-state index in [1.807, 2.05) is 44.2 Å². The second-order valence-corrected chi connectivity index (χ2v) is 6.53. The molecule has 1 aliphatic heterocycles. The van der Waals surface area contributed by atoms with Gasteiger partial charge in [0.05, 0.1) is 31.1 Å². The molecule has 0 spiro atoms. The number of aromatic nitrogens is 2. The average molecular weight is 341 g/mol. The molecule has 7 nitrogen and oxygen atoms in total. The molecule has 1 amide bonds. The monoisotopic (exact) mass is 341 g/mol. The molecule has 2 aromatic rings. The van der Waals surface area contributed by atoms with Crippen molar-refractivity contribution in [3.05, 3.63) is 59.7 Å². The highest BCUT2D eigenvalue weighted by Gasteiger charge is 2.39. The molecule has 0 bridgehead atoms. The van der Waals surface area contributed by atoms with Gasteiger partial charge >= 0.3 is 5.97 Å². The van der Waals surface area contributed by atoms with Crippen LogP contribution in [0.15, 0.2) is 42.7 Å². The van der Waals surface area contributed by atoms with E-state index in [0.717, 1.165) is 11.8 Å². The fourth-order valence-corrected chi connectivity index (χ4v) is 2.76. The molecule has 1 N–H and O–H groups in total. The molecule has 1 atom stereocenters. The molecule has 1 saturated heterocycles. The minimum absolute atomic E-state index is 0.117. The van der Waals surface area contributed by atoms with Crippen molar-refractivity contribution in [3.8, 4) is 0 Å². The number of carbonyl (C=O) groups excluding carboxylic acids is 1. The highest BCUT2D eigenvalue weighted by Crippen LogP contribution is 2.31. The van der Waals surface area contributed by atoms with Gasteiger partial charge in [0.25, 0.3) is 5.91 Å². The van der Waals surface area contributed by atoms with Gasteiger partial charge in [0.15, 0.2) is 5.69 Å². The Morgan fingerprint density at radius 3 is 2.40 bits per heavy atom. The van der Waals surface area contributed by atoms with Crippen LogP contribution in [0.2, 0.25) is 0 Å². The van der Waals surface area contributed by atoms with Crippen molar-refractivity contribution in [2.45, 2.75) is 25.5 Å². The smallest absolute Gasteiger partial charge is 0.356 e. The molecular formula is C18H19N3O4. The third-order valence-corrected chi connectivity index (χ3v) is 4.22. The number of hydrogen-bond acceptors (Lipinski definition) is 5. The number of morpholine rings is 1. The fourth-order valence-electron chi connectivity index (χ4n) is 2.76. The van der Waals surface area contributed by atoms with Crippen LogP contribution in [-0.2, 0) is 4.74 Å². The summed E-state index contributed by atoms with van der Waals surface area (Å²) in [6.45, 7) is 4.62. The molecule has 1 fully saturated rings. The minimum atomic E-state index is -1.18. The van der Waals surface area contributed by atoms with Gasteiger partial charge in [-0.25, -0.2) is 14.8 Å².